The van der Waals surface area contributed by atoms with Gasteiger partial charge in [-0.25, -0.2) is 0 Å². The van der Waals surface area contributed by atoms with Crippen LogP contribution in [0.4, 0.5) is 0 Å². The molecule has 0 N–H and O–H groups in total. The molecule has 0 atom stereocenters. The highest BCUT2D eigenvalue weighted by Crippen LogP contribution is 2.38. The van der Waals surface area contributed by atoms with Crippen molar-refractivity contribution in [3.63, 3.8) is 0 Å². The molecular weight excluding hydrogens is 280 g/mol. The van der Waals surface area contributed by atoms with Gasteiger partial charge in [-0.1, -0.05) is 52.0 Å². The Kier molecular flexibility index (Phi) is 4.29. The lowest BCUT2D eigenvalue weighted by molar-refractivity contribution is -0.238. The van der Waals surface area contributed by atoms with Crippen LogP contribution in [-0.4, -0.2) is 26.4 Å². The molecule has 2 saturated heterocycles. The molecule has 2 aliphatic heterocycles. The van der Waals surface area contributed by atoms with Crippen molar-refractivity contribution in [2.24, 2.45) is 10.8 Å². The monoisotopic (exact) mass is 306 g/mol. The maximum atomic E-state index is 5.92. The normalized spacial score (nSPS) is 26.0. The predicted octanol–water partition coefficient (Wildman–Crippen LogP) is 3.83. The molecule has 0 aromatic heterocycles. The molecule has 122 valence electrons. The van der Waals surface area contributed by atoms with E-state index in [9.17, 15) is 0 Å². The first-order chi connectivity index (χ1) is 10.4. The lowest BCUT2D eigenvalue weighted by atomic mass is 9.94. The molecule has 0 amide bonds. The van der Waals surface area contributed by atoms with Crippen LogP contribution < -0.4 is 0 Å². The first-order valence-corrected chi connectivity index (χ1v) is 7.92. The largest absolute Gasteiger partial charge is 0.348 e. The lowest BCUT2D eigenvalue weighted by Crippen LogP contribution is -2.36. The van der Waals surface area contributed by atoms with E-state index >= 15 is 0 Å². The van der Waals surface area contributed by atoms with Crippen molar-refractivity contribution in [2.75, 3.05) is 26.4 Å². The fourth-order valence-electron chi connectivity index (χ4n) is 2.68. The third-order valence-electron chi connectivity index (χ3n) is 4.01. The maximum Gasteiger partial charge on any atom is 0.184 e. The van der Waals surface area contributed by atoms with Gasteiger partial charge in [-0.05, 0) is 0 Å². The van der Waals surface area contributed by atoms with Gasteiger partial charge in [0, 0.05) is 22.0 Å². The van der Waals surface area contributed by atoms with Gasteiger partial charge in [-0.3, -0.25) is 0 Å². The van der Waals surface area contributed by atoms with Gasteiger partial charge < -0.3 is 18.9 Å². The number of rotatable bonds is 2. The smallest absolute Gasteiger partial charge is 0.184 e. The van der Waals surface area contributed by atoms with E-state index in [4.69, 9.17) is 18.9 Å². The standard InChI is InChI=1S/C18H26O4/c1-17(2)9-19-15(20-10-17)13-7-5-6-8-14(13)16-21-11-18(3,4)12-22-16/h5-8,15-16H,9-12H2,1-4H3. The van der Waals surface area contributed by atoms with E-state index in [1.807, 2.05) is 24.3 Å². The van der Waals surface area contributed by atoms with Crippen LogP contribution in [0.1, 0.15) is 51.4 Å². The SMILES string of the molecule is CC1(C)COC(c2ccccc2C2OCC(C)(C)CO2)OC1. The van der Waals surface area contributed by atoms with E-state index in [0.717, 1.165) is 11.1 Å². The van der Waals surface area contributed by atoms with Crippen LogP contribution in [0.2, 0.25) is 0 Å². The molecule has 3 rings (SSSR count). The van der Waals surface area contributed by atoms with Crippen LogP contribution >= 0.6 is 0 Å². The van der Waals surface area contributed by atoms with E-state index in [0.29, 0.717) is 26.4 Å². The Morgan fingerprint density at radius 3 is 1.32 bits per heavy atom. The summed E-state index contributed by atoms with van der Waals surface area (Å²) in [7, 11) is 0. The summed E-state index contributed by atoms with van der Waals surface area (Å²) in [5.74, 6) is 0. The summed E-state index contributed by atoms with van der Waals surface area (Å²) in [6.45, 7) is 11.3. The van der Waals surface area contributed by atoms with Gasteiger partial charge in [0.2, 0.25) is 0 Å². The van der Waals surface area contributed by atoms with Crippen molar-refractivity contribution in [2.45, 2.75) is 40.3 Å². The fraction of sp³-hybridized carbons (Fsp3) is 0.667. The quantitative estimate of drug-likeness (QED) is 0.832. The molecule has 22 heavy (non-hydrogen) atoms. The second-order valence-corrected chi connectivity index (χ2v) is 7.87. The zero-order valence-electron chi connectivity index (χ0n) is 13.9. The zero-order valence-corrected chi connectivity index (χ0v) is 13.9. The molecule has 2 fully saturated rings. The molecule has 4 nitrogen and oxygen atoms in total. The summed E-state index contributed by atoms with van der Waals surface area (Å²) < 4.78 is 23.7. The van der Waals surface area contributed by atoms with Gasteiger partial charge in [0.1, 0.15) is 0 Å². The summed E-state index contributed by atoms with van der Waals surface area (Å²) in [5.41, 5.74) is 2.13. The van der Waals surface area contributed by atoms with Crippen LogP contribution in [0.5, 0.6) is 0 Å². The Labute approximate surface area is 132 Å². The Balaban J connectivity index is 1.76. The van der Waals surface area contributed by atoms with Crippen molar-refractivity contribution in [3.05, 3.63) is 35.4 Å². The highest BCUT2D eigenvalue weighted by molar-refractivity contribution is 5.29. The molecule has 0 aliphatic carbocycles. The minimum absolute atomic E-state index is 0.0628. The van der Waals surface area contributed by atoms with E-state index in [2.05, 4.69) is 27.7 Å². The van der Waals surface area contributed by atoms with Crippen molar-refractivity contribution in [3.8, 4) is 0 Å². The van der Waals surface area contributed by atoms with Crippen molar-refractivity contribution < 1.29 is 18.9 Å². The average molecular weight is 306 g/mol. The second kappa shape index (κ2) is 5.93. The van der Waals surface area contributed by atoms with Gasteiger partial charge in [-0.2, -0.15) is 0 Å². The summed E-state index contributed by atoms with van der Waals surface area (Å²) >= 11 is 0. The topological polar surface area (TPSA) is 36.9 Å². The molecular formula is C18H26O4. The van der Waals surface area contributed by atoms with Crippen LogP contribution in [0.15, 0.2) is 24.3 Å². The molecule has 1 aromatic carbocycles. The third kappa shape index (κ3) is 3.51. The maximum absolute atomic E-state index is 5.92. The van der Waals surface area contributed by atoms with E-state index in [1.54, 1.807) is 0 Å². The predicted molar refractivity (Wildman–Crippen MR) is 83.3 cm³/mol. The molecule has 2 heterocycles. The van der Waals surface area contributed by atoms with Crippen molar-refractivity contribution in [1.82, 2.24) is 0 Å². The minimum Gasteiger partial charge on any atom is -0.348 e. The molecule has 0 saturated carbocycles. The summed E-state index contributed by atoms with van der Waals surface area (Å²) in [6.07, 6.45) is -0.683. The molecule has 0 radical (unpaired) electrons. The summed E-state index contributed by atoms with van der Waals surface area (Å²) in [4.78, 5) is 0. The minimum atomic E-state index is -0.341. The van der Waals surface area contributed by atoms with E-state index in [-0.39, 0.29) is 23.4 Å². The Morgan fingerprint density at radius 1 is 0.682 bits per heavy atom. The summed E-state index contributed by atoms with van der Waals surface area (Å²) in [6, 6.07) is 8.06. The van der Waals surface area contributed by atoms with Crippen LogP contribution in [0.25, 0.3) is 0 Å². The van der Waals surface area contributed by atoms with Crippen molar-refractivity contribution >= 4 is 0 Å². The molecule has 1 aromatic rings. The first kappa shape index (κ1) is 15.9. The number of hydrogen-bond acceptors (Lipinski definition) is 4. The van der Waals surface area contributed by atoms with Crippen LogP contribution in [0.3, 0.4) is 0 Å². The number of ether oxygens (including phenoxy) is 4. The summed E-state index contributed by atoms with van der Waals surface area (Å²) in [5, 5.41) is 0. The highest BCUT2D eigenvalue weighted by atomic mass is 16.7. The molecule has 0 bridgehead atoms. The van der Waals surface area contributed by atoms with Gasteiger partial charge in [0.25, 0.3) is 0 Å². The van der Waals surface area contributed by atoms with E-state index < -0.39 is 0 Å². The molecule has 4 heteroatoms. The first-order valence-electron chi connectivity index (χ1n) is 7.92. The van der Waals surface area contributed by atoms with Gasteiger partial charge in [-0.15, -0.1) is 0 Å². The van der Waals surface area contributed by atoms with Gasteiger partial charge in [0.15, 0.2) is 12.6 Å². The highest BCUT2D eigenvalue weighted by Gasteiger charge is 2.34. The Morgan fingerprint density at radius 2 is 1.00 bits per heavy atom. The zero-order chi connectivity index (χ0) is 15.8. The van der Waals surface area contributed by atoms with Crippen molar-refractivity contribution in [1.29, 1.82) is 0 Å². The Bertz CT molecular complexity index is 457. The third-order valence-corrected chi connectivity index (χ3v) is 4.01. The van der Waals surface area contributed by atoms with Gasteiger partial charge in [0.05, 0.1) is 26.4 Å². The lowest BCUT2D eigenvalue weighted by Gasteiger charge is -2.38. The number of hydrogen-bond donors (Lipinski definition) is 0. The fourth-order valence-corrected chi connectivity index (χ4v) is 2.68. The second-order valence-electron chi connectivity index (χ2n) is 7.87. The number of benzene rings is 1. The molecule has 0 spiro atoms. The van der Waals surface area contributed by atoms with Gasteiger partial charge >= 0.3 is 0 Å². The van der Waals surface area contributed by atoms with Crippen LogP contribution in [0, 0.1) is 10.8 Å². The molecule has 0 unspecified atom stereocenters. The average Bonchev–Trinajstić information content (AvgIpc) is 2.47. The van der Waals surface area contributed by atoms with E-state index in [1.165, 1.54) is 0 Å². The Hall–Kier alpha value is -0.940. The molecule has 2 aliphatic rings. The van der Waals surface area contributed by atoms with Crippen LogP contribution in [-0.2, 0) is 18.9 Å².